The third-order valence-corrected chi connectivity index (χ3v) is 1.89. The first kappa shape index (κ1) is 14.7. The standard InChI is InChI=1S/C10H21F2NO2/c1-8(2)15-6-9(13-3)4-5-14-7-10(11)12/h8-10,13H,4-7H2,1-3H3. The van der Waals surface area contributed by atoms with Crippen molar-refractivity contribution in [1.82, 2.24) is 5.32 Å². The van der Waals surface area contributed by atoms with Gasteiger partial charge in [-0.2, -0.15) is 0 Å². The Balaban J connectivity index is 3.44. The fourth-order valence-electron chi connectivity index (χ4n) is 1.02. The van der Waals surface area contributed by atoms with E-state index in [1.807, 2.05) is 20.9 Å². The van der Waals surface area contributed by atoms with Gasteiger partial charge in [-0.1, -0.05) is 0 Å². The van der Waals surface area contributed by atoms with Crippen LogP contribution in [-0.2, 0) is 9.47 Å². The summed E-state index contributed by atoms with van der Waals surface area (Å²) in [6.07, 6.45) is -1.52. The van der Waals surface area contributed by atoms with E-state index in [-0.39, 0.29) is 12.1 Å². The number of likely N-dealkylation sites (N-methyl/N-ethyl adjacent to an activating group) is 1. The predicted molar refractivity (Wildman–Crippen MR) is 55.4 cm³/mol. The van der Waals surface area contributed by atoms with E-state index in [0.717, 1.165) is 0 Å². The van der Waals surface area contributed by atoms with Crippen molar-refractivity contribution >= 4 is 0 Å². The van der Waals surface area contributed by atoms with Crippen LogP contribution in [0.1, 0.15) is 20.3 Å². The van der Waals surface area contributed by atoms with Gasteiger partial charge in [0, 0.05) is 12.6 Å². The van der Waals surface area contributed by atoms with Gasteiger partial charge < -0.3 is 14.8 Å². The average Bonchev–Trinajstić information content (AvgIpc) is 2.16. The second-order valence-corrected chi connectivity index (χ2v) is 3.62. The monoisotopic (exact) mass is 225 g/mol. The Morgan fingerprint density at radius 2 is 1.87 bits per heavy atom. The highest BCUT2D eigenvalue weighted by molar-refractivity contribution is 4.63. The van der Waals surface area contributed by atoms with Crippen molar-refractivity contribution in [3.05, 3.63) is 0 Å². The number of rotatable bonds is 9. The minimum absolute atomic E-state index is 0.157. The summed E-state index contributed by atoms with van der Waals surface area (Å²) in [7, 11) is 1.82. The summed E-state index contributed by atoms with van der Waals surface area (Å²) in [5, 5.41) is 3.05. The van der Waals surface area contributed by atoms with Gasteiger partial charge in [0.25, 0.3) is 6.43 Å². The summed E-state index contributed by atoms with van der Waals surface area (Å²) in [5.41, 5.74) is 0. The Labute approximate surface area is 90.1 Å². The summed E-state index contributed by atoms with van der Waals surface area (Å²) in [6.45, 7) is 4.34. The van der Waals surface area contributed by atoms with Crippen LogP contribution >= 0.6 is 0 Å². The van der Waals surface area contributed by atoms with E-state index >= 15 is 0 Å². The van der Waals surface area contributed by atoms with Gasteiger partial charge in [0.15, 0.2) is 0 Å². The molecule has 1 atom stereocenters. The van der Waals surface area contributed by atoms with E-state index in [9.17, 15) is 8.78 Å². The highest BCUT2D eigenvalue weighted by Gasteiger charge is 2.08. The van der Waals surface area contributed by atoms with E-state index < -0.39 is 13.0 Å². The van der Waals surface area contributed by atoms with Crippen molar-refractivity contribution in [2.45, 2.75) is 38.8 Å². The van der Waals surface area contributed by atoms with Crippen LogP contribution < -0.4 is 5.32 Å². The van der Waals surface area contributed by atoms with Gasteiger partial charge in [-0.3, -0.25) is 0 Å². The van der Waals surface area contributed by atoms with Crippen LogP contribution in [0.15, 0.2) is 0 Å². The summed E-state index contributed by atoms with van der Waals surface area (Å²) in [4.78, 5) is 0. The molecule has 92 valence electrons. The van der Waals surface area contributed by atoms with Gasteiger partial charge in [0.1, 0.15) is 6.61 Å². The van der Waals surface area contributed by atoms with Crippen LogP contribution in [-0.4, -0.2) is 45.4 Å². The highest BCUT2D eigenvalue weighted by Crippen LogP contribution is 1.99. The smallest absolute Gasteiger partial charge is 0.261 e. The predicted octanol–water partition coefficient (Wildman–Crippen LogP) is 1.67. The van der Waals surface area contributed by atoms with Crippen molar-refractivity contribution in [3.8, 4) is 0 Å². The zero-order chi connectivity index (χ0) is 11.7. The summed E-state index contributed by atoms with van der Waals surface area (Å²) < 4.78 is 33.7. The maximum absolute atomic E-state index is 11.7. The molecule has 0 fully saturated rings. The highest BCUT2D eigenvalue weighted by atomic mass is 19.3. The van der Waals surface area contributed by atoms with Crippen LogP contribution in [0.3, 0.4) is 0 Å². The number of hydrogen-bond acceptors (Lipinski definition) is 3. The van der Waals surface area contributed by atoms with Crippen molar-refractivity contribution in [2.75, 3.05) is 26.9 Å². The molecule has 0 aliphatic heterocycles. The van der Waals surface area contributed by atoms with Gasteiger partial charge in [0.2, 0.25) is 0 Å². The van der Waals surface area contributed by atoms with Crippen molar-refractivity contribution in [3.63, 3.8) is 0 Å². The second kappa shape index (κ2) is 9.00. The van der Waals surface area contributed by atoms with Crippen molar-refractivity contribution in [1.29, 1.82) is 0 Å². The molecule has 1 unspecified atom stereocenters. The number of ether oxygens (including phenoxy) is 2. The maximum atomic E-state index is 11.7. The fraction of sp³-hybridized carbons (Fsp3) is 1.00. The van der Waals surface area contributed by atoms with Crippen molar-refractivity contribution in [2.24, 2.45) is 0 Å². The van der Waals surface area contributed by atoms with Crippen LogP contribution in [0.5, 0.6) is 0 Å². The molecule has 0 aromatic carbocycles. The summed E-state index contributed by atoms with van der Waals surface area (Å²) in [6, 6.07) is 0.157. The lowest BCUT2D eigenvalue weighted by atomic mass is 10.2. The second-order valence-electron chi connectivity index (χ2n) is 3.62. The van der Waals surface area contributed by atoms with Gasteiger partial charge in [-0.25, -0.2) is 8.78 Å². The van der Waals surface area contributed by atoms with Gasteiger partial charge in [-0.05, 0) is 27.3 Å². The first-order valence-corrected chi connectivity index (χ1v) is 5.21. The minimum atomic E-state index is -2.38. The Bertz CT molecular complexity index is 145. The van der Waals surface area contributed by atoms with E-state index in [0.29, 0.717) is 19.6 Å². The van der Waals surface area contributed by atoms with E-state index in [1.165, 1.54) is 0 Å². The summed E-state index contributed by atoms with van der Waals surface area (Å²) >= 11 is 0. The maximum Gasteiger partial charge on any atom is 0.261 e. The number of alkyl halides is 2. The first-order chi connectivity index (χ1) is 7.06. The molecule has 0 amide bonds. The summed E-state index contributed by atoms with van der Waals surface area (Å²) in [5.74, 6) is 0. The zero-order valence-electron chi connectivity index (χ0n) is 9.63. The average molecular weight is 225 g/mol. The molecule has 3 nitrogen and oxygen atoms in total. The molecule has 5 heteroatoms. The molecule has 0 heterocycles. The Morgan fingerprint density at radius 3 is 2.33 bits per heavy atom. The number of hydrogen-bond donors (Lipinski definition) is 1. The third kappa shape index (κ3) is 10.0. The molecule has 15 heavy (non-hydrogen) atoms. The van der Waals surface area contributed by atoms with E-state index in [1.54, 1.807) is 0 Å². The van der Waals surface area contributed by atoms with Crippen LogP contribution in [0.4, 0.5) is 8.78 Å². The lowest BCUT2D eigenvalue weighted by Crippen LogP contribution is -2.32. The van der Waals surface area contributed by atoms with Crippen LogP contribution in [0.25, 0.3) is 0 Å². The number of halogens is 2. The Morgan fingerprint density at radius 1 is 1.20 bits per heavy atom. The normalized spacial score (nSPS) is 13.8. The van der Waals surface area contributed by atoms with Gasteiger partial charge in [-0.15, -0.1) is 0 Å². The Kier molecular flexibility index (Phi) is 8.85. The van der Waals surface area contributed by atoms with Crippen LogP contribution in [0.2, 0.25) is 0 Å². The molecule has 0 radical (unpaired) electrons. The SMILES string of the molecule is CNC(CCOCC(F)F)COC(C)C. The molecule has 0 aliphatic carbocycles. The van der Waals surface area contributed by atoms with Gasteiger partial charge in [0.05, 0.1) is 12.7 Å². The zero-order valence-corrected chi connectivity index (χ0v) is 9.63. The fourth-order valence-corrected chi connectivity index (χ4v) is 1.02. The van der Waals surface area contributed by atoms with Gasteiger partial charge >= 0.3 is 0 Å². The molecule has 0 saturated heterocycles. The largest absolute Gasteiger partial charge is 0.377 e. The van der Waals surface area contributed by atoms with Crippen molar-refractivity contribution < 1.29 is 18.3 Å². The molecule has 0 aliphatic rings. The molecule has 0 saturated carbocycles. The topological polar surface area (TPSA) is 30.5 Å². The lowest BCUT2D eigenvalue weighted by molar-refractivity contribution is 0.00745. The molecule has 0 aromatic rings. The quantitative estimate of drug-likeness (QED) is 0.605. The molecule has 1 N–H and O–H groups in total. The number of nitrogens with one attached hydrogen (secondary N) is 1. The molecule has 0 spiro atoms. The Hall–Kier alpha value is -0.260. The molecule has 0 bridgehead atoms. The van der Waals surface area contributed by atoms with Crippen LogP contribution in [0, 0.1) is 0 Å². The molecule has 0 rings (SSSR count). The minimum Gasteiger partial charge on any atom is -0.377 e. The molecular weight excluding hydrogens is 204 g/mol. The van der Waals surface area contributed by atoms with E-state index in [4.69, 9.17) is 9.47 Å². The first-order valence-electron chi connectivity index (χ1n) is 5.21. The van der Waals surface area contributed by atoms with E-state index in [2.05, 4.69) is 5.32 Å². The third-order valence-electron chi connectivity index (χ3n) is 1.89. The lowest BCUT2D eigenvalue weighted by Gasteiger charge is -2.17. The molecular formula is C10H21F2NO2. The molecule has 0 aromatic heterocycles.